The molecule has 0 aromatic heterocycles. The number of primary amides is 1. The highest BCUT2D eigenvalue weighted by molar-refractivity contribution is 5.96. The Kier molecular flexibility index (Phi) is 4.64. The van der Waals surface area contributed by atoms with Gasteiger partial charge in [0, 0.05) is 31.9 Å². The quantitative estimate of drug-likeness (QED) is 0.734. The van der Waals surface area contributed by atoms with Crippen LogP contribution in [0, 0.1) is 0 Å². The van der Waals surface area contributed by atoms with Crippen LogP contribution in [0.5, 0.6) is 5.75 Å². The Morgan fingerprint density at radius 2 is 1.76 bits per heavy atom. The summed E-state index contributed by atoms with van der Waals surface area (Å²) in [6.45, 7) is 4.74. The summed E-state index contributed by atoms with van der Waals surface area (Å²) in [6.07, 6.45) is 0. The largest absolute Gasteiger partial charge is 0.508 e. The van der Waals surface area contributed by atoms with Gasteiger partial charge in [0.1, 0.15) is 5.75 Å². The molecule has 3 amide bonds. The van der Waals surface area contributed by atoms with Crippen molar-refractivity contribution in [3.8, 4) is 5.75 Å². The number of rotatable bonds is 3. The molecule has 1 aliphatic heterocycles. The Hall–Kier alpha value is -2.28. The van der Waals surface area contributed by atoms with Gasteiger partial charge in [-0.1, -0.05) is 0 Å². The summed E-state index contributed by atoms with van der Waals surface area (Å²) >= 11 is 0. The van der Waals surface area contributed by atoms with E-state index in [0.717, 1.165) is 18.8 Å². The van der Waals surface area contributed by atoms with Crippen LogP contribution in [0.15, 0.2) is 24.3 Å². The molecule has 21 heavy (non-hydrogen) atoms. The van der Waals surface area contributed by atoms with E-state index in [0.29, 0.717) is 13.1 Å². The van der Waals surface area contributed by atoms with Gasteiger partial charge in [0.2, 0.25) is 5.91 Å². The van der Waals surface area contributed by atoms with Gasteiger partial charge in [-0.2, -0.15) is 0 Å². The first-order chi connectivity index (χ1) is 9.97. The number of phenolic OH excluding ortho intramolecular Hbond substituents is 1. The average molecular weight is 292 g/mol. The van der Waals surface area contributed by atoms with E-state index in [1.807, 2.05) is 17.0 Å². The molecular formula is C14H20N4O3. The van der Waals surface area contributed by atoms with Gasteiger partial charge in [-0.15, -0.1) is 0 Å². The first kappa shape index (κ1) is 15.1. The lowest BCUT2D eigenvalue weighted by Crippen LogP contribution is -2.55. The molecule has 1 aromatic rings. The Bertz CT molecular complexity index is 509. The number of anilines is 1. The highest BCUT2D eigenvalue weighted by Gasteiger charge is 2.26. The molecule has 4 N–H and O–H groups in total. The van der Waals surface area contributed by atoms with E-state index in [4.69, 9.17) is 5.73 Å². The number of nitrogens with zero attached hydrogens (tertiary/aromatic N) is 2. The fourth-order valence-electron chi connectivity index (χ4n) is 2.42. The van der Waals surface area contributed by atoms with Crippen LogP contribution in [0.1, 0.15) is 6.92 Å². The monoisotopic (exact) mass is 292 g/mol. The minimum Gasteiger partial charge on any atom is -0.508 e. The Balaban J connectivity index is 1.89. The number of hydrogen-bond donors (Lipinski definition) is 3. The van der Waals surface area contributed by atoms with Crippen molar-refractivity contribution in [3.63, 3.8) is 0 Å². The molecule has 1 aromatic carbocycles. The topological polar surface area (TPSA) is 98.9 Å². The third-order valence-electron chi connectivity index (χ3n) is 3.70. The van der Waals surface area contributed by atoms with Crippen LogP contribution in [-0.2, 0) is 4.79 Å². The van der Waals surface area contributed by atoms with Crippen molar-refractivity contribution in [2.75, 3.05) is 31.1 Å². The number of piperazine rings is 1. The molecule has 0 spiro atoms. The molecule has 7 nitrogen and oxygen atoms in total. The van der Waals surface area contributed by atoms with E-state index in [-0.39, 0.29) is 17.7 Å². The second-order valence-electron chi connectivity index (χ2n) is 5.07. The van der Waals surface area contributed by atoms with Crippen LogP contribution in [0.4, 0.5) is 10.5 Å². The van der Waals surface area contributed by atoms with Gasteiger partial charge in [0.25, 0.3) is 0 Å². The molecule has 1 saturated heterocycles. The number of phenols is 1. The fraction of sp³-hybridized carbons (Fsp3) is 0.429. The maximum atomic E-state index is 11.7. The number of nitrogens with one attached hydrogen (secondary N) is 1. The summed E-state index contributed by atoms with van der Waals surface area (Å²) in [5.74, 6) is -0.130. The molecule has 114 valence electrons. The van der Waals surface area contributed by atoms with Crippen LogP contribution in [0.25, 0.3) is 0 Å². The van der Waals surface area contributed by atoms with Gasteiger partial charge in [-0.05, 0) is 31.2 Å². The van der Waals surface area contributed by atoms with Crippen LogP contribution < -0.4 is 16.0 Å². The van der Waals surface area contributed by atoms with Crippen molar-refractivity contribution < 1.29 is 14.7 Å². The van der Waals surface area contributed by atoms with E-state index in [1.54, 1.807) is 19.1 Å². The standard InChI is InChI=1S/C14H20N4O3/c1-10(13(20)16-14(15)21)17-6-8-18(9-7-17)11-2-4-12(19)5-3-11/h2-5,10,19H,6-9H2,1H3,(H3,15,16,20,21). The number of carbonyl (C=O) groups is 2. The summed E-state index contributed by atoms with van der Waals surface area (Å²) in [6, 6.07) is 5.84. The van der Waals surface area contributed by atoms with Crippen molar-refractivity contribution in [3.05, 3.63) is 24.3 Å². The molecule has 0 aliphatic carbocycles. The van der Waals surface area contributed by atoms with Crippen LogP contribution in [0.3, 0.4) is 0 Å². The van der Waals surface area contributed by atoms with Crippen molar-refractivity contribution >= 4 is 17.6 Å². The maximum Gasteiger partial charge on any atom is 0.318 e. The zero-order chi connectivity index (χ0) is 15.4. The lowest BCUT2D eigenvalue weighted by molar-refractivity contribution is -0.124. The van der Waals surface area contributed by atoms with E-state index < -0.39 is 6.03 Å². The zero-order valence-corrected chi connectivity index (χ0v) is 12.0. The minimum atomic E-state index is -0.824. The smallest absolute Gasteiger partial charge is 0.318 e. The summed E-state index contributed by atoms with van der Waals surface area (Å²) in [5.41, 5.74) is 6.00. The average Bonchev–Trinajstić information content (AvgIpc) is 2.47. The van der Waals surface area contributed by atoms with E-state index in [2.05, 4.69) is 10.2 Å². The van der Waals surface area contributed by atoms with Crippen LogP contribution in [-0.4, -0.2) is 54.2 Å². The Labute approximate surface area is 123 Å². The molecule has 1 heterocycles. The molecule has 1 fully saturated rings. The summed E-state index contributed by atoms with van der Waals surface area (Å²) in [7, 11) is 0. The van der Waals surface area contributed by atoms with E-state index >= 15 is 0 Å². The molecule has 0 saturated carbocycles. The number of benzene rings is 1. The van der Waals surface area contributed by atoms with E-state index in [1.165, 1.54) is 0 Å². The molecule has 1 aliphatic rings. The predicted molar refractivity (Wildman–Crippen MR) is 79.1 cm³/mol. The molecular weight excluding hydrogens is 272 g/mol. The SMILES string of the molecule is CC(C(=O)NC(N)=O)N1CCN(c2ccc(O)cc2)CC1. The molecule has 1 unspecified atom stereocenters. The second kappa shape index (κ2) is 6.45. The Morgan fingerprint density at radius 1 is 1.19 bits per heavy atom. The fourth-order valence-corrected chi connectivity index (χ4v) is 2.42. The van der Waals surface area contributed by atoms with Gasteiger partial charge in [0.05, 0.1) is 6.04 Å². The maximum absolute atomic E-state index is 11.7. The van der Waals surface area contributed by atoms with E-state index in [9.17, 15) is 14.7 Å². The minimum absolute atomic E-state index is 0.245. The third-order valence-corrected chi connectivity index (χ3v) is 3.70. The number of carbonyl (C=O) groups excluding carboxylic acids is 2. The lowest BCUT2D eigenvalue weighted by atomic mass is 10.2. The number of hydrogen-bond acceptors (Lipinski definition) is 5. The summed E-state index contributed by atoms with van der Waals surface area (Å²) < 4.78 is 0. The zero-order valence-electron chi connectivity index (χ0n) is 12.0. The number of urea groups is 1. The first-order valence-corrected chi connectivity index (χ1v) is 6.85. The predicted octanol–water partition coefficient (Wildman–Crippen LogP) is 0.0976. The first-order valence-electron chi connectivity index (χ1n) is 6.85. The lowest BCUT2D eigenvalue weighted by Gasteiger charge is -2.38. The Morgan fingerprint density at radius 3 is 2.29 bits per heavy atom. The number of nitrogens with two attached hydrogens (primary N) is 1. The third kappa shape index (κ3) is 3.85. The summed E-state index contributed by atoms with van der Waals surface area (Å²) in [4.78, 5) is 26.6. The van der Waals surface area contributed by atoms with Gasteiger partial charge in [-0.3, -0.25) is 15.0 Å². The number of imide groups is 1. The molecule has 2 rings (SSSR count). The van der Waals surface area contributed by atoms with Gasteiger partial charge in [0.15, 0.2) is 0 Å². The molecule has 0 bridgehead atoms. The van der Waals surface area contributed by atoms with Crippen molar-refractivity contribution in [1.82, 2.24) is 10.2 Å². The highest BCUT2D eigenvalue weighted by atomic mass is 16.3. The highest BCUT2D eigenvalue weighted by Crippen LogP contribution is 2.20. The second-order valence-corrected chi connectivity index (χ2v) is 5.07. The number of amides is 3. The van der Waals surface area contributed by atoms with Crippen molar-refractivity contribution in [1.29, 1.82) is 0 Å². The summed E-state index contributed by atoms with van der Waals surface area (Å²) in [5, 5.41) is 11.4. The molecule has 1 atom stereocenters. The van der Waals surface area contributed by atoms with Crippen LogP contribution in [0.2, 0.25) is 0 Å². The van der Waals surface area contributed by atoms with Crippen molar-refractivity contribution in [2.24, 2.45) is 5.73 Å². The molecule has 0 radical (unpaired) electrons. The number of aromatic hydroxyl groups is 1. The van der Waals surface area contributed by atoms with Crippen molar-refractivity contribution in [2.45, 2.75) is 13.0 Å². The normalized spacial score (nSPS) is 17.3. The molecule has 7 heteroatoms. The van der Waals surface area contributed by atoms with Gasteiger partial charge in [-0.25, -0.2) is 4.79 Å². The van der Waals surface area contributed by atoms with Gasteiger partial charge < -0.3 is 15.7 Å². The van der Waals surface area contributed by atoms with Crippen LogP contribution >= 0.6 is 0 Å². The van der Waals surface area contributed by atoms with Gasteiger partial charge >= 0.3 is 6.03 Å².